The fourth-order valence-electron chi connectivity index (χ4n) is 9.71. The molecule has 3 fully saturated rings. The zero-order valence-corrected chi connectivity index (χ0v) is 24.3. The lowest BCUT2D eigenvalue weighted by Crippen LogP contribution is -2.52. The van der Waals surface area contributed by atoms with Gasteiger partial charge in [0.15, 0.2) is 0 Å². The Kier molecular flexibility index (Phi) is 7.64. The number of hydrogen-bond acceptors (Lipinski definition) is 3. The number of allylic oxidation sites excluding steroid dienone is 2. The van der Waals surface area contributed by atoms with Crippen LogP contribution in [0.1, 0.15) is 105 Å². The predicted octanol–water partition coefficient (Wildman–Crippen LogP) is 8.89. The first-order chi connectivity index (χ1) is 17.7. The van der Waals surface area contributed by atoms with Gasteiger partial charge in [-0.3, -0.25) is 0 Å². The summed E-state index contributed by atoms with van der Waals surface area (Å²) in [5.41, 5.74) is 14.4. The molecule has 0 amide bonds. The van der Waals surface area contributed by atoms with E-state index in [1.54, 1.807) is 0 Å². The number of benzene rings is 1. The molecule has 10 unspecified atom stereocenters. The molecule has 3 saturated carbocycles. The Balaban J connectivity index is 1.25. The minimum Gasteiger partial charge on any atom is -0.488 e. The minimum absolute atomic E-state index is 0.242. The molecule has 4 aliphatic rings. The lowest BCUT2D eigenvalue weighted by Gasteiger charge is -2.59. The molecule has 5 rings (SSSR count). The second kappa shape index (κ2) is 10.5. The van der Waals surface area contributed by atoms with Gasteiger partial charge in [0.1, 0.15) is 5.75 Å². The molecule has 1 aromatic rings. The van der Waals surface area contributed by atoms with E-state index in [1.165, 1.54) is 57.8 Å². The summed E-state index contributed by atoms with van der Waals surface area (Å²) in [5.74, 6) is 6.59. The third-order valence-corrected chi connectivity index (χ3v) is 12.3. The van der Waals surface area contributed by atoms with E-state index in [4.69, 9.17) is 16.2 Å². The first kappa shape index (κ1) is 26.9. The van der Waals surface area contributed by atoms with Crippen LogP contribution < -0.4 is 16.2 Å². The van der Waals surface area contributed by atoms with Crippen molar-refractivity contribution in [2.45, 2.75) is 111 Å². The van der Waals surface area contributed by atoms with E-state index in [0.717, 1.165) is 54.1 Å². The number of rotatable bonds is 8. The highest BCUT2D eigenvalue weighted by atomic mass is 16.5. The van der Waals surface area contributed by atoms with E-state index in [9.17, 15) is 0 Å². The molecule has 0 radical (unpaired) electrons. The average Bonchev–Trinajstić information content (AvgIpc) is 3.23. The molecule has 4 aliphatic carbocycles. The summed E-state index contributed by atoms with van der Waals surface area (Å²) in [6, 6.07) is 5.65. The first-order valence-corrected chi connectivity index (χ1v) is 15.7. The van der Waals surface area contributed by atoms with Crippen molar-refractivity contribution in [1.82, 2.24) is 0 Å². The molecule has 0 spiro atoms. The van der Waals surface area contributed by atoms with Gasteiger partial charge >= 0.3 is 0 Å². The summed E-state index contributed by atoms with van der Waals surface area (Å²) < 4.78 is 6.44. The Morgan fingerprint density at radius 3 is 2.46 bits per heavy atom. The number of anilines is 2. The quantitative estimate of drug-likeness (QED) is 0.273. The number of hydrogen-bond donors (Lipinski definition) is 2. The van der Waals surface area contributed by atoms with Crippen molar-refractivity contribution >= 4 is 11.4 Å². The number of ether oxygens (including phenoxy) is 1. The van der Waals surface area contributed by atoms with Crippen molar-refractivity contribution in [1.29, 1.82) is 0 Å². The topological polar surface area (TPSA) is 61.3 Å². The van der Waals surface area contributed by atoms with E-state index in [-0.39, 0.29) is 6.10 Å². The normalized spacial score (nSPS) is 40.4. The number of nitrogen functional groups attached to an aromatic ring is 2. The van der Waals surface area contributed by atoms with E-state index in [2.05, 4.69) is 46.8 Å². The van der Waals surface area contributed by atoms with Crippen LogP contribution in [0.2, 0.25) is 0 Å². The molecule has 206 valence electrons. The molecule has 3 nitrogen and oxygen atoms in total. The molecule has 0 aliphatic heterocycles. The second-order valence-electron chi connectivity index (χ2n) is 14.2. The molecule has 3 heteroatoms. The maximum Gasteiger partial charge on any atom is 0.142 e. The summed E-state index contributed by atoms with van der Waals surface area (Å²) in [6.07, 6.45) is 20.4. The Labute approximate surface area is 227 Å². The van der Waals surface area contributed by atoms with Crippen LogP contribution in [0.15, 0.2) is 30.4 Å². The minimum atomic E-state index is 0.242. The Morgan fingerprint density at radius 2 is 1.70 bits per heavy atom. The highest BCUT2D eigenvalue weighted by molar-refractivity contribution is 5.60. The summed E-state index contributed by atoms with van der Waals surface area (Å²) in [6.45, 7) is 12.7. The highest BCUT2D eigenvalue weighted by Crippen LogP contribution is 2.67. The first-order valence-electron chi connectivity index (χ1n) is 15.7. The van der Waals surface area contributed by atoms with E-state index in [1.807, 2.05) is 18.2 Å². The van der Waals surface area contributed by atoms with E-state index < -0.39 is 0 Å². The van der Waals surface area contributed by atoms with Crippen LogP contribution in [-0.4, -0.2) is 6.10 Å². The molecule has 0 bridgehead atoms. The highest BCUT2D eigenvalue weighted by Gasteiger charge is 2.59. The van der Waals surface area contributed by atoms with Crippen LogP contribution in [0.5, 0.6) is 5.75 Å². The molecule has 37 heavy (non-hydrogen) atoms. The van der Waals surface area contributed by atoms with Crippen molar-refractivity contribution in [3.05, 3.63) is 30.4 Å². The van der Waals surface area contributed by atoms with Gasteiger partial charge in [0.05, 0.1) is 11.8 Å². The van der Waals surface area contributed by atoms with Crippen LogP contribution in [0.3, 0.4) is 0 Å². The lowest BCUT2D eigenvalue weighted by molar-refractivity contribution is -0.0783. The molecular weight excluding hydrogens is 452 g/mol. The monoisotopic (exact) mass is 506 g/mol. The van der Waals surface area contributed by atoms with Gasteiger partial charge in [0, 0.05) is 5.69 Å². The molecule has 10 atom stereocenters. The maximum absolute atomic E-state index is 6.44. The second-order valence-corrected chi connectivity index (χ2v) is 14.2. The standard InChI is InChI=1S/C34H54N2O/c1-6-22(2)8-7-9-23(3)28-13-14-29-27-12-10-24-20-26(37-32-15-11-25(35)21-31(32)36)16-18-33(24,4)30(27)17-19-34(28,29)5/h10-12,15,21-24,26-30H,6-9,13-14,16-20,35-36H2,1-5H3. The van der Waals surface area contributed by atoms with Crippen molar-refractivity contribution in [2.75, 3.05) is 11.5 Å². The SMILES string of the molecule is CCC(C)CCCC(C)C1CCC2C3C=CC4CC(Oc5ccc(N)cc5N)CCC4(C)C3CCC12C. The summed E-state index contributed by atoms with van der Waals surface area (Å²) >= 11 is 0. The van der Waals surface area contributed by atoms with Crippen LogP contribution in [0.25, 0.3) is 0 Å². The van der Waals surface area contributed by atoms with Crippen LogP contribution in [0, 0.1) is 52.3 Å². The van der Waals surface area contributed by atoms with Crippen molar-refractivity contribution in [3.63, 3.8) is 0 Å². The summed E-state index contributed by atoms with van der Waals surface area (Å²) in [7, 11) is 0. The largest absolute Gasteiger partial charge is 0.488 e. The van der Waals surface area contributed by atoms with Gasteiger partial charge in [-0.15, -0.1) is 0 Å². The van der Waals surface area contributed by atoms with Gasteiger partial charge in [-0.05, 0) is 115 Å². The van der Waals surface area contributed by atoms with Gasteiger partial charge < -0.3 is 16.2 Å². The fraction of sp³-hybridized carbons (Fsp3) is 0.765. The maximum atomic E-state index is 6.44. The van der Waals surface area contributed by atoms with Gasteiger partial charge in [0.2, 0.25) is 0 Å². The zero-order chi connectivity index (χ0) is 26.4. The summed E-state index contributed by atoms with van der Waals surface area (Å²) in [4.78, 5) is 0. The molecule has 0 heterocycles. The number of nitrogens with two attached hydrogens (primary N) is 2. The van der Waals surface area contributed by atoms with Gasteiger partial charge in [-0.2, -0.15) is 0 Å². The molecule has 4 N–H and O–H groups in total. The average molecular weight is 507 g/mol. The predicted molar refractivity (Wildman–Crippen MR) is 157 cm³/mol. The van der Waals surface area contributed by atoms with Crippen molar-refractivity contribution in [2.24, 2.45) is 52.3 Å². The fourth-order valence-corrected chi connectivity index (χ4v) is 9.71. The summed E-state index contributed by atoms with van der Waals surface area (Å²) in [5, 5.41) is 0. The van der Waals surface area contributed by atoms with Gasteiger partial charge in [-0.1, -0.05) is 72.5 Å². The Hall–Kier alpha value is -1.64. The third-order valence-electron chi connectivity index (χ3n) is 12.3. The van der Waals surface area contributed by atoms with Crippen LogP contribution in [0.4, 0.5) is 11.4 Å². The Morgan fingerprint density at radius 1 is 0.946 bits per heavy atom. The zero-order valence-electron chi connectivity index (χ0n) is 24.3. The van der Waals surface area contributed by atoms with Crippen LogP contribution in [-0.2, 0) is 0 Å². The van der Waals surface area contributed by atoms with Gasteiger partial charge in [-0.25, -0.2) is 0 Å². The molecular formula is C34H54N2O. The molecule has 0 aromatic heterocycles. The Bertz CT molecular complexity index is 973. The van der Waals surface area contributed by atoms with Crippen LogP contribution >= 0.6 is 0 Å². The smallest absolute Gasteiger partial charge is 0.142 e. The molecule has 1 aromatic carbocycles. The third kappa shape index (κ3) is 4.94. The van der Waals surface area contributed by atoms with Crippen molar-refractivity contribution < 1.29 is 4.74 Å². The van der Waals surface area contributed by atoms with E-state index in [0.29, 0.717) is 28.1 Å². The number of fused-ring (bicyclic) bond motifs is 5. The van der Waals surface area contributed by atoms with E-state index >= 15 is 0 Å². The van der Waals surface area contributed by atoms with Gasteiger partial charge in [0.25, 0.3) is 0 Å². The van der Waals surface area contributed by atoms with Crippen molar-refractivity contribution in [3.8, 4) is 5.75 Å². The lowest BCUT2D eigenvalue weighted by atomic mass is 9.46. The molecule has 0 saturated heterocycles.